The molecule has 9 heteroatoms. The fourth-order valence-corrected chi connectivity index (χ4v) is 3.36. The summed E-state index contributed by atoms with van der Waals surface area (Å²) < 4.78 is 10.3. The number of rotatable bonds is 7. The number of nitrogens with two attached hydrogens (primary N) is 1. The van der Waals surface area contributed by atoms with Crippen LogP contribution in [0.1, 0.15) is 13.8 Å². The van der Waals surface area contributed by atoms with Crippen molar-refractivity contribution >= 4 is 35.0 Å². The van der Waals surface area contributed by atoms with Gasteiger partial charge in [-0.3, -0.25) is 4.79 Å². The number of aromatic nitrogens is 2. The molecule has 140 valence electrons. The van der Waals surface area contributed by atoms with Crippen molar-refractivity contribution in [3.8, 4) is 11.8 Å². The molecule has 7 nitrogen and oxygen atoms in total. The van der Waals surface area contributed by atoms with Gasteiger partial charge < -0.3 is 9.47 Å². The third-order valence-electron chi connectivity index (χ3n) is 3.51. The molecule has 2 N–H and O–H groups in total. The van der Waals surface area contributed by atoms with E-state index in [4.69, 9.17) is 26.9 Å². The van der Waals surface area contributed by atoms with E-state index in [9.17, 15) is 4.79 Å². The SMILES string of the molecule is COc1cc(OC)nc(SC(C(=O)N(N)c2ccccc2Cl)C(C)C)n1. The molecule has 0 aliphatic heterocycles. The summed E-state index contributed by atoms with van der Waals surface area (Å²) in [5.41, 5.74) is 0.439. The lowest BCUT2D eigenvalue weighted by atomic mass is 10.1. The lowest BCUT2D eigenvalue weighted by molar-refractivity contribution is -0.118. The summed E-state index contributed by atoms with van der Waals surface area (Å²) in [6.45, 7) is 3.85. The summed E-state index contributed by atoms with van der Waals surface area (Å²) in [4.78, 5) is 21.5. The summed E-state index contributed by atoms with van der Waals surface area (Å²) in [5.74, 6) is 6.41. The van der Waals surface area contributed by atoms with Gasteiger partial charge in [0, 0.05) is 0 Å². The lowest BCUT2D eigenvalue weighted by Gasteiger charge is -2.25. The van der Waals surface area contributed by atoms with Crippen LogP contribution in [-0.4, -0.2) is 35.3 Å². The van der Waals surface area contributed by atoms with Crippen LogP contribution in [0, 0.1) is 5.92 Å². The van der Waals surface area contributed by atoms with Crippen molar-refractivity contribution in [1.29, 1.82) is 0 Å². The van der Waals surface area contributed by atoms with Crippen molar-refractivity contribution in [3.63, 3.8) is 0 Å². The van der Waals surface area contributed by atoms with E-state index in [-0.39, 0.29) is 11.8 Å². The Morgan fingerprint density at radius 1 is 1.19 bits per heavy atom. The highest BCUT2D eigenvalue weighted by atomic mass is 35.5. The Hall–Kier alpha value is -2.03. The van der Waals surface area contributed by atoms with Gasteiger partial charge in [-0.2, -0.15) is 9.97 Å². The molecule has 1 unspecified atom stereocenters. The molecule has 1 aromatic heterocycles. The van der Waals surface area contributed by atoms with Crippen LogP contribution in [0.5, 0.6) is 11.8 Å². The van der Waals surface area contributed by atoms with Crippen LogP contribution in [0.2, 0.25) is 5.02 Å². The summed E-state index contributed by atoms with van der Waals surface area (Å²) in [7, 11) is 3.00. The van der Waals surface area contributed by atoms with Gasteiger partial charge in [-0.1, -0.05) is 49.3 Å². The van der Waals surface area contributed by atoms with E-state index in [1.54, 1.807) is 30.3 Å². The van der Waals surface area contributed by atoms with Crippen LogP contribution in [0.25, 0.3) is 0 Å². The van der Waals surface area contributed by atoms with Crippen LogP contribution in [0.4, 0.5) is 5.69 Å². The molecule has 1 aromatic carbocycles. The van der Waals surface area contributed by atoms with Gasteiger partial charge in [0.1, 0.15) is 0 Å². The van der Waals surface area contributed by atoms with Gasteiger partial charge in [-0.25, -0.2) is 10.9 Å². The third kappa shape index (κ3) is 4.78. The number of benzene rings is 1. The van der Waals surface area contributed by atoms with Gasteiger partial charge in [-0.05, 0) is 18.1 Å². The summed E-state index contributed by atoms with van der Waals surface area (Å²) in [6, 6.07) is 8.47. The van der Waals surface area contributed by atoms with Gasteiger partial charge >= 0.3 is 0 Å². The second-order valence-corrected chi connectivity index (χ2v) is 7.19. The monoisotopic (exact) mass is 396 g/mol. The first-order valence-corrected chi connectivity index (χ1v) is 9.10. The highest BCUT2D eigenvalue weighted by Gasteiger charge is 2.30. The molecule has 0 fully saturated rings. The van der Waals surface area contributed by atoms with Crippen molar-refractivity contribution in [2.75, 3.05) is 19.2 Å². The van der Waals surface area contributed by atoms with E-state index in [2.05, 4.69) is 9.97 Å². The molecule has 0 bridgehead atoms. The molecule has 1 amide bonds. The summed E-state index contributed by atoms with van der Waals surface area (Å²) in [5, 5.41) is 1.31. The fourth-order valence-electron chi connectivity index (χ4n) is 2.13. The normalized spacial score (nSPS) is 12.0. The second kappa shape index (κ2) is 9.07. The van der Waals surface area contributed by atoms with Crippen LogP contribution in [-0.2, 0) is 4.79 Å². The standard InChI is InChI=1S/C17H21ClN4O3S/c1-10(2)15(16(23)22(19)12-8-6-5-7-11(12)18)26-17-20-13(24-3)9-14(21-17)25-4/h5-10,15H,19H2,1-4H3. The van der Waals surface area contributed by atoms with Gasteiger partial charge in [-0.15, -0.1) is 0 Å². The van der Waals surface area contributed by atoms with Gasteiger partial charge in [0.25, 0.3) is 5.91 Å². The Kier molecular flexibility index (Phi) is 7.07. The minimum absolute atomic E-state index is 0.0261. The zero-order chi connectivity index (χ0) is 19.3. The molecule has 1 atom stereocenters. The number of carbonyl (C=O) groups excluding carboxylic acids is 1. The topological polar surface area (TPSA) is 90.6 Å². The van der Waals surface area contributed by atoms with E-state index in [0.29, 0.717) is 27.6 Å². The van der Waals surface area contributed by atoms with E-state index in [0.717, 1.165) is 5.01 Å². The minimum atomic E-state index is -0.520. The molecule has 0 saturated carbocycles. The molecule has 2 rings (SSSR count). The fraction of sp³-hybridized carbons (Fsp3) is 0.353. The Labute approximate surface area is 161 Å². The maximum absolute atomic E-state index is 13.0. The number of thioether (sulfide) groups is 1. The molecule has 1 heterocycles. The molecular formula is C17H21ClN4O3S. The van der Waals surface area contributed by atoms with Crippen molar-refractivity contribution < 1.29 is 14.3 Å². The number of anilines is 1. The summed E-state index contributed by atoms with van der Waals surface area (Å²) in [6.07, 6.45) is 0. The smallest absolute Gasteiger partial charge is 0.255 e. The van der Waals surface area contributed by atoms with E-state index in [1.165, 1.54) is 26.0 Å². The average Bonchev–Trinajstić information content (AvgIpc) is 2.64. The lowest BCUT2D eigenvalue weighted by Crippen LogP contribution is -2.45. The molecule has 2 aromatic rings. The predicted molar refractivity (Wildman–Crippen MR) is 103 cm³/mol. The Bertz CT molecular complexity index is 753. The first kappa shape index (κ1) is 20.3. The predicted octanol–water partition coefficient (Wildman–Crippen LogP) is 3.17. The van der Waals surface area contributed by atoms with Gasteiger partial charge in [0.15, 0.2) is 5.16 Å². The Morgan fingerprint density at radius 3 is 2.27 bits per heavy atom. The number of halogens is 1. The van der Waals surface area contributed by atoms with Crippen LogP contribution in [0.15, 0.2) is 35.5 Å². The van der Waals surface area contributed by atoms with Crippen molar-refractivity contribution in [2.24, 2.45) is 11.8 Å². The zero-order valence-corrected chi connectivity index (χ0v) is 16.5. The highest BCUT2D eigenvalue weighted by molar-refractivity contribution is 8.00. The van der Waals surface area contributed by atoms with E-state index < -0.39 is 5.25 Å². The number of amides is 1. The molecule has 0 spiro atoms. The van der Waals surface area contributed by atoms with E-state index in [1.807, 2.05) is 13.8 Å². The number of para-hydroxylation sites is 1. The third-order valence-corrected chi connectivity index (χ3v) is 5.22. The first-order valence-electron chi connectivity index (χ1n) is 7.84. The number of ether oxygens (including phenoxy) is 2. The zero-order valence-electron chi connectivity index (χ0n) is 15.0. The maximum Gasteiger partial charge on any atom is 0.255 e. The summed E-state index contributed by atoms with van der Waals surface area (Å²) >= 11 is 7.34. The first-order chi connectivity index (χ1) is 12.4. The molecule has 0 aliphatic rings. The number of hydrogen-bond donors (Lipinski definition) is 1. The average molecular weight is 397 g/mol. The van der Waals surface area contributed by atoms with Crippen molar-refractivity contribution in [1.82, 2.24) is 9.97 Å². The molecule has 0 radical (unpaired) electrons. The van der Waals surface area contributed by atoms with Crippen LogP contribution in [0.3, 0.4) is 0 Å². The number of methoxy groups -OCH3 is 2. The molecule has 0 aliphatic carbocycles. The molecule has 26 heavy (non-hydrogen) atoms. The molecule has 0 saturated heterocycles. The van der Waals surface area contributed by atoms with Crippen LogP contribution >= 0.6 is 23.4 Å². The van der Waals surface area contributed by atoms with E-state index >= 15 is 0 Å². The van der Waals surface area contributed by atoms with Crippen molar-refractivity contribution in [2.45, 2.75) is 24.3 Å². The quantitative estimate of drug-likeness (QED) is 0.252. The number of carbonyl (C=O) groups is 1. The second-order valence-electron chi connectivity index (χ2n) is 5.68. The highest BCUT2D eigenvalue weighted by Crippen LogP contribution is 2.32. The molecular weight excluding hydrogens is 376 g/mol. The van der Waals surface area contributed by atoms with Gasteiger partial charge in [0.2, 0.25) is 11.8 Å². The minimum Gasteiger partial charge on any atom is -0.481 e. The Balaban J connectivity index is 2.29. The van der Waals surface area contributed by atoms with Crippen LogP contribution < -0.4 is 20.3 Å². The largest absolute Gasteiger partial charge is 0.481 e. The van der Waals surface area contributed by atoms with Gasteiger partial charge in [0.05, 0.1) is 36.2 Å². The number of nitrogens with zero attached hydrogens (tertiary/aromatic N) is 3. The number of hydrogen-bond acceptors (Lipinski definition) is 7. The maximum atomic E-state index is 13.0. The Morgan fingerprint density at radius 2 is 1.77 bits per heavy atom. The number of hydrazine groups is 1. The van der Waals surface area contributed by atoms with Crippen molar-refractivity contribution in [3.05, 3.63) is 35.4 Å².